The number of sulfonamides is 1. The van der Waals surface area contributed by atoms with Gasteiger partial charge in [0, 0.05) is 18.8 Å². The van der Waals surface area contributed by atoms with E-state index in [4.69, 9.17) is 4.74 Å². The molecule has 0 bridgehead atoms. The van der Waals surface area contributed by atoms with Crippen molar-refractivity contribution < 1.29 is 27.5 Å². The van der Waals surface area contributed by atoms with Gasteiger partial charge in [-0.25, -0.2) is 13.4 Å². The highest BCUT2D eigenvalue weighted by Gasteiger charge is 2.61. The first-order valence-corrected chi connectivity index (χ1v) is 19.6. The summed E-state index contributed by atoms with van der Waals surface area (Å²) in [6.07, 6.45) is 10.2. The Hall–Kier alpha value is -3.57. The Morgan fingerprint density at radius 1 is 1.08 bits per heavy atom. The Balaban J connectivity index is 1.18. The number of nitrogens with one attached hydrogen (secondary N) is 1. The van der Waals surface area contributed by atoms with E-state index in [1.54, 1.807) is 4.90 Å². The number of rotatable bonds is 7. The highest BCUT2D eigenvalue weighted by atomic mass is 32.2. The summed E-state index contributed by atoms with van der Waals surface area (Å²) in [5.74, 6) is -1.43. The molecular formula is C37H43N3O6S2. The molecule has 2 saturated carbocycles. The third kappa shape index (κ3) is 7.08. The van der Waals surface area contributed by atoms with Crippen molar-refractivity contribution in [3.8, 4) is 5.19 Å². The third-order valence-electron chi connectivity index (χ3n) is 10.4. The van der Waals surface area contributed by atoms with E-state index in [0.29, 0.717) is 37.3 Å². The molecule has 3 fully saturated rings. The molecule has 0 radical (unpaired) electrons. The van der Waals surface area contributed by atoms with E-state index in [1.807, 2.05) is 55.5 Å². The van der Waals surface area contributed by atoms with Crippen molar-refractivity contribution in [1.29, 1.82) is 0 Å². The number of benzene rings is 2. The average molecular weight is 690 g/mol. The summed E-state index contributed by atoms with van der Waals surface area (Å²) in [4.78, 5) is 48.9. The van der Waals surface area contributed by atoms with Crippen LogP contribution in [0.15, 0.2) is 60.7 Å². The zero-order valence-electron chi connectivity index (χ0n) is 27.3. The first-order valence-electron chi connectivity index (χ1n) is 17.2. The van der Waals surface area contributed by atoms with E-state index < -0.39 is 38.7 Å². The van der Waals surface area contributed by atoms with Gasteiger partial charge in [-0.3, -0.25) is 19.1 Å². The van der Waals surface area contributed by atoms with E-state index >= 15 is 0 Å². The number of thiazole rings is 1. The number of ether oxygens (including phenoxy) is 1. The number of allylic oxidation sites excluding steroid dienone is 2. The summed E-state index contributed by atoms with van der Waals surface area (Å²) in [6, 6.07) is 15.2. The first kappa shape index (κ1) is 33.0. The highest BCUT2D eigenvalue weighted by molar-refractivity contribution is 7.90. The van der Waals surface area contributed by atoms with Gasteiger partial charge in [0.2, 0.25) is 21.8 Å². The fraction of sp³-hybridized carbons (Fsp3) is 0.514. The monoisotopic (exact) mass is 689 g/mol. The van der Waals surface area contributed by atoms with Gasteiger partial charge in [0.15, 0.2) is 5.78 Å². The van der Waals surface area contributed by atoms with Gasteiger partial charge in [-0.05, 0) is 81.0 Å². The molecule has 2 amide bonds. The number of Topliss-reactive ketones (excluding diaryl/α,β-unsaturated/α-hetero) is 1. The second-order valence-electron chi connectivity index (χ2n) is 14.2. The summed E-state index contributed by atoms with van der Waals surface area (Å²) in [5, 5.41) is -0.0463. The molecule has 4 aliphatic rings. The molecule has 2 aliphatic heterocycles. The Bertz CT molecular complexity index is 1840. The van der Waals surface area contributed by atoms with Gasteiger partial charge in [-0.15, -0.1) is 0 Å². The summed E-state index contributed by atoms with van der Waals surface area (Å²) >= 11 is 1.45. The molecule has 11 heteroatoms. The number of fused-ring (bicyclic) bond motifs is 3. The van der Waals surface area contributed by atoms with Gasteiger partial charge in [0.1, 0.15) is 6.10 Å². The number of carbonyl (C=O) groups excluding carboxylic acids is 3. The minimum atomic E-state index is -3.78. The molecule has 9 nitrogen and oxygen atoms in total. The lowest BCUT2D eigenvalue weighted by molar-refractivity contribution is -0.142. The average Bonchev–Trinajstić information content (AvgIpc) is 3.95. The van der Waals surface area contributed by atoms with Crippen molar-refractivity contribution in [3.63, 3.8) is 0 Å². The number of aryl methyl sites for hydroxylation is 1. The van der Waals surface area contributed by atoms with E-state index in [-0.39, 0.29) is 42.9 Å². The van der Waals surface area contributed by atoms with Crippen LogP contribution in [0.1, 0.15) is 75.3 Å². The maximum absolute atomic E-state index is 14.5. The molecule has 2 aliphatic carbocycles. The Kier molecular flexibility index (Phi) is 9.19. The van der Waals surface area contributed by atoms with Gasteiger partial charge in [-0.1, -0.05) is 72.7 Å². The molecular weight excluding hydrogens is 647 g/mol. The fourth-order valence-corrected chi connectivity index (χ4v) is 9.79. The van der Waals surface area contributed by atoms with E-state index in [0.717, 1.165) is 47.0 Å². The lowest BCUT2D eigenvalue weighted by Crippen LogP contribution is -2.46. The van der Waals surface area contributed by atoms with Crippen molar-refractivity contribution in [2.24, 2.45) is 17.3 Å². The van der Waals surface area contributed by atoms with E-state index in [1.165, 1.54) is 11.3 Å². The van der Waals surface area contributed by atoms with Crippen LogP contribution in [-0.4, -0.2) is 59.8 Å². The Morgan fingerprint density at radius 2 is 1.90 bits per heavy atom. The van der Waals surface area contributed by atoms with Crippen LogP contribution in [-0.2, 0) is 30.8 Å². The number of hydrogen-bond donors (Lipinski definition) is 1. The molecule has 1 saturated heterocycles. The smallest absolute Gasteiger partial charge is 0.274 e. The lowest BCUT2D eigenvalue weighted by Gasteiger charge is -2.29. The largest absolute Gasteiger partial charge is 0.465 e. The van der Waals surface area contributed by atoms with Crippen LogP contribution in [0.2, 0.25) is 0 Å². The Morgan fingerprint density at radius 3 is 2.69 bits per heavy atom. The molecule has 1 aromatic heterocycles. The number of aromatic nitrogens is 1. The lowest BCUT2D eigenvalue weighted by atomic mass is 9.90. The third-order valence-corrected chi connectivity index (χ3v) is 13.2. The van der Waals surface area contributed by atoms with Gasteiger partial charge in [-0.2, -0.15) is 0 Å². The minimum Gasteiger partial charge on any atom is -0.465 e. The molecule has 0 spiro atoms. The molecule has 0 unspecified atom stereocenters. The second-order valence-corrected chi connectivity index (χ2v) is 17.1. The quantitative estimate of drug-likeness (QED) is 0.306. The predicted molar refractivity (Wildman–Crippen MR) is 185 cm³/mol. The summed E-state index contributed by atoms with van der Waals surface area (Å²) in [7, 11) is -3.78. The van der Waals surface area contributed by atoms with Crippen molar-refractivity contribution in [2.45, 2.75) is 94.9 Å². The molecule has 48 heavy (non-hydrogen) atoms. The number of ketones is 1. The van der Waals surface area contributed by atoms with Crippen LogP contribution >= 0.6 is 11.3 Å². The predicted octanol–water partition coefficient (Wildman–Crippen LogP) is 5.91. The molecule has 3 aromatic rings. The number of nitrogens with zero attached hydrogens (tertiary/aromatic N) is 2. The van der Waals surface area contributed by atoms with E-state index in [2.05, 4.69) is 21.8 Å². The zero-order chi connectivity index (χ0) is 33.5. The molecule has 5 atom stereocenters. The van der Waals surface area contributed by atoms with Crippen molar-refractivity contribution >= 4 is 49.2 Å². The zero-order valence-corrected chi connectivity index (χ0v) is 28.9. The first-order chi connectivity index (χ1) is 23.1. The van der Waals surface area contributed by atoms with Crippen LogP contribution in [0.4, 0.5) is 0 Å². The van der Waals surface area contributed by atoms with Crippen LogP contribution in [0.25, 0.3) is 10.2 Å². The van der Waals surface area contributed by atoms with Crippen LogP contribution < -0.4 is 9.46 Å². The maximum atomic E-state index is 14.5. The maximum Gasteiger partial charge on any atom is 0.274 e. The normalized spacial score (nSPS) is 29.0. The van der Waals surface area contributed by atoms with Crippen molar-refractivity contribution in [1.82, 2.24) is 14.6 Å². The van der Waals surface area contributed by atoms with Crippen LogP contribution in [0.5, 0.6) is 5.19 Å². The second kappa shape index (κ2) is 13.4. The standard InChI is InChI=1S/C37H43N3O6S2/c1-24-14-17-30-33(18-24)47-36(38-30)46-28-20-31-32(41)22-37(35(43)39-48(44,45)29-15-16-29)21-27(37)13-9-4-2-3-8-12-26(34(42)40(31)23-28)19-25-10-6-5-7-11-25/h5-7,9-11,13-14,17-18,26-29,31H,2-4,8,12,15-16,19-23H2,1H3,(H,39,43)/b13-9-/t26-,27+,28-,31+,37-/m1/s1. The topological polar surface area (TPSA) is 123 Å². The molecule has 254 valence electrons. The molecule has 1 N–H and O–H groups in total. The van der Waals surface area contributed by atoms with Gasteiger partial charge >= 0.3 is 0 Å². The summed E-state index contributed by atoms with van der Waals surface area (Å²) in [5.41, 5.74) is 1.90. The van der Waals surface area contributed by atoms with Crippen LogP contribution in [0, 0.1) is 24.2 Å². The van der Waals surface area contributed by atoms with Crippen molar-refractivity contribution in [3.05, 3.63) is 71.8 Å². The Labute approximate surface area is 286 Å². The number of amides is 2. The van der Waals surface area contributed by atoms with E-state index in [9.17, 15) is 22.8 Å². The van der Waals surface area contributed by atoms with Crippen molar-refractivity contribution in [2.75, 3.05) is 6.54 Å². The van der Waals surface area contributed by atoms with Gasteiger partial charge in [0.25, 0.3) is 5.19 Å². The highest BCUT2D eigenvalue weighted by Crippen LogP contribution is 2.57. The molecule has 3 heterocycles. The van der Waals surface area contributed by atoms with Gasteiger partial charge in [0.05, 0.1) is 33.5 Å². The SMILES string of the molecule is Cc1ccc2nc(O[C@@H]3C[C@H]4C(=O)C[C@]5(C(=O)NS(=O)(=O)C6CC6)C[C@@H]5/C=C\CCCCC[C@H](Cc5ccccc5)C(=O)N4C3)sc2c1. The molecule has 7 rings (SSSR count). The minimum absolute atomic E-state index is 0.0709. The summed E-state index contributed by atoms with van der Waals surface area (Å²) in [6.45, 7) is 2.27. The summed E-state index contributed by atoms with van der Waals surface area (Å²) < 4.78 is 35.3. The number of carbonyl (C=O) groups is 3. The van der Waals surface area contributed by atoms with Gasteiger partial charge < -0.3 is 9.64 Å². The number of hydrogen-bond acceptors (Lipinski definition) is 8. The fourth-order valence-electron chi connectivity index (χ4n) is 7.42. The molecule has 2 aromatic carbocycles. The van der Waals surface area contributed by atoms with Crippen LogP contribution in [0.3, 0.4) is 0 Å².